The van der Waals surface area contributed by atoms with E-state index in [0.717, 1.165) is 5.56 Å². The molecule has 1 aromatic carbocycles. The Kier molecular flexibility index (Phi) is 5.98. The summed E-state index contributed by atoms with van der Waals surface area (Å²) in [7, 11) is 0. The molecule has 3 rings (SSSR count). The molecule has 1 amide bonds. The maximum absolute atomic E-state index is 12.1. The number of hydrogen-bond acceptors (Lipinski definition) is 5. The number of amides is 1. The Morgan fingerprint density at radius 1 is 1.17 bits per heavy atom. The van der Waals surface area contributed by atoms with Crippen LogP contribution in [0.5, 0.6) is 0 Å². The predicted octanol–water partition coefficient (Wildman–Crippen LogP) is 4.18. The number of halogens is 1. The molecule has 0 aliphatic heterocycles. The van der Waals surface area contributed by atoms with Crippen LogP contribution in [0.25, 0.3) is 22.8 Å². The van der Waals surface area contributed by atoms with E-state index in [2.05, 4.69) is 20.3 Å². The van der Waals surface area contributed by atoms with Gasteiger partial charge in [-0.3, -0.25) is 9.78 Å². The summed E-state index contributed by atoms with van der Waals surface area (Å²) in [6.07, 6.45) is 1.01. The molecule has 0 fully saturated rings. The maximum atomic E-state index is 12.1. The summed E-state index contributed by atoms with van der Waals surface area (Å²) in [5.74, 6) is 0.406. The van der Waals surface area contributed by atoms with Crippen LogP contribution < -0.4 is 10.9 Å². The average molecular weight is 413 g/mol. The molecule has 29 heavy (non-hydrogen) atoms. The summed E-state index contributed by atoms with van der Waals surface area (Å²) in [6, 6.07) is 12.1. The fourth-order valence-corrected chi connectivity index (χ4v) is 2.68. The zero-order valence-corrected chi connectivity index (χ0v) is 17.1. The molecule has 0 radical (unpaired) electrons. The minimum atomic E-state index is -0.564. The normalized spacial score (nSPS) is 11.2. The number of carbonyl (C=O) groups is 1. The number of nitrogens with one attached hydrogen (secondary N) is 2. The summed E-state index contributed by atoms with van der Waals surface area (Å²) in [5.41, 5.74) is 1.68. The van der Waals surface area contributed by atoms with Gasteiger partial charge in [-0.25, -0.2) is 9.78 Å². The summed E-state index contributed by atoms with van der Waals surface area (Å²) < 4.78 is 5.24. The summed E-state index contributed by atoms with van der Waals surface area (Å²) in [5, 5.41) is 3.22. The Bertz CT molecular complexity index is 1070. The molecule has 0 saturated heterocycles. The molecule has 8 heteroatoms. The van der Waals surface area contributed by atoms with E-state index in [1.54, 1.807) is 32.9 Å². The minimum absolute atomic E-state index is 0.283. The average Bonchev–Trinajstić information content (AvgIpc) is 2.65. The first-order valence-corrected chi connectivity index (χ1v) is 9.37. The predicted molar refractivity (Wildman–Crippen MR) is 112 cm³/mol. The lowest BCUT2D eigenvalue weighted by Crippen LogP contribution is -2.32. The van der Waals surface area contributed by atoms with E-state index in [4.69, 9.17) is 16.3 Å². The number of carbonyl (C=O) groups excluding carboxylic acids is 1. The third-order valence-electron chi connectivity index (χ3n) is 3.77. The Hall–Kier alpha value is -3.19. The lowest BCUT2D eigenvalue weighted by molar-refractivity contribution is 0.0523. The Morgan fingerprint density at radius 2 is 1.97 bits per heavy atom. The Balaban J connectivity index is 1.82. The standard InChI is InChI=1S/C21H21ClN4O3/c1-21(2,3)29-20(28)24-11-13-5-4-6-14(9-13)19-25-17(10-18(27)26-19)16-8-7-15(22)12-23-16/h4-10,12H,11H2,1-3H3,(H,24,28)(H,25,26,27). The SMILES string of the molecule is CC(C)(C)OC(=O)NCc1cccc(-c2nc(-c3ccc(Cl)cn3)cc(=O)[nH]2)c1. The first-order chi connectivity index (χ1) is 13.7. The third-order valence-corrected chi connectivity index (χ3v) is 3.99. The van der Waals surface area contributed by atoms with Crippen molar-refractivity contribution in [1.29, 1.82) is 0 Å². The third kappa shape index (κ3) is 5.89. The van der Waals surface area contributed by atoms with Gasteiger partial charge in [0.25, 0.3) is 5.56 Å². The van der Waals surface area contributed by atoms with Crippen molar-refractivity contribution in [2.75, 3.05) is 0 Å². The lowest BCUT2D eigenvalue weighted by atomic mass is 10.1. The van der Waals surface area contributed by atoms with Crippen LogP contribution in [0.3, 0.4) is 0 Å². The number of alkyl carbamates (subject to hydrolysis) is 1. The van der Waals surface area contributed by atoms with Gasteiger partial charge in [0.1, 0.15) is 11.4 Å². The van der Waals surface area contributed by atoms with Gasteiger partial charge in [-0.1, -0.05) is 29.8 Å². The fourth-order valence-electron chi connectivity index (χ4n) is 2.57. The number of pyridine rings is 1. The van der Waals surface area contributed by atoms with Gasteiger partial charge in [0, 0.05) is 24.4 Å². The number of ether oxygens (including phenoxy) is 1. The first-order valence-electron chi connectivity index (χ1n) is 8.99. The molecule has 0 spiro atoms. The van der Waals surface area contributed by atoms with Gasteiger partial charge in [0.15, 0.2) is 0 Å². The van der Waals surface area contributed by atoms with Crippen molar-refractivity contribution in [3.05, 3.63) is 69.6 Å². The second-order valence-corrected chi connectivity index (χ2v) is 7.83. The molecule has 2 N–H and O–H groups in total. The second-order valence-electron chi connectivity index (χ2n) is 7.40. The zero-order chi connectivity index (χ0) is 21.0. The van der Waals surface area contributed by atoms with Crippen LogP contribution >= 0.6 is 11.6 Å². The smallest absolute Gasteiger partial charge is 0.407 e. The number of nitrogens with zero attached hydrogens (tertiary/aromatic N) is 2. The van der Waals surface area contributed by atoms with E-state index in [1.165, 1.54) is 12.3 Å². The summed E-state index contributed by atoms with van der Waals surface area (Å²) in [6.45, 7) is 5.69. The van der Waals surface area contributed by atoms with E-state index in [1.807, 2.05) is 24.3 Å². The van der Waals surface area contributed by atoms with Gasteiger partial charge in [-0.15, -0.1) is 0 Å². The maximum Gasteiger partial charge on any atom is 0.407 e. The molecule has 0 aliphatic carbocycles. The molecule has 2 heterocycles. The number of rotatable bonds is 4. The van der Waals surface area contributed by atoms with Crippen LogP contribution in [0.4, 0.5) is 4.79 Å². The van der Waals surface area contributed by atoms with Gasteiger partial charge in [-0.2, -0.15) is 0 Å². The van der Waals surface area contributed by atoms with E-state index in [0.29, 0.717) is 27.8 Å². The van der Waals surface area contributed by atoms with E-state index in [9.17, 15) is 9.59 Å². The lowest BCUT2D eigenvalue weighted by Gasteiger charge is -2.19. The first kappa shape index (κ1) is 20.5. The van der Waals surface area contributed by atoms with E-state index >= 15 is 0 Å². The van der Waals surface area contributed by atoms with Crippen LogP contribution in [0, 0.1) is 0 Å². The van der Waals surface area contributed by atoms with Gasteiger partial charge in [0.05, 0.1) is 16.4 Å². The van der Waals surface area contributed by atoms with Crippen molar-refractivity contribution < 1.29 is 9.53 Å². The van der Waals surface area contributed by atoms with Crippen LogP contribution in [0.2, 0.25) is 5.02 Å². The number of aromatic amines is 1. The highest BCUT2D eigenvalue weighted by Gasteiger charge is 2.16. The highest BCUT2D eigenvalue weighted by molar-refractivity contribution is 6.30. The van der Waals surface area contributed by atoms with Crippen LogP contribution in [-0.4, -0.2) is 26.6 Å². The largest absolute Gasteiger partial charge is 0.444 e. The molecule has 150 valence electrons. The van der Waals surface area contributed by atoms with Crippen LogP contribution in [0.1, 0.15) is 26.3 Å². The molecule has 7 nitrogen and oxygen atoms in total. The van der Waals surface area contributed by atoms with Crippen molar-refractivity contribution in [3.8, 4) is 22.8 Å². The molecule has 0 saturated carbocycles. The van der Waals surface area contributed by atoms with Crippen LogP contribution in [0.15, 0.2) is 53.5 Å². The quantitative estimate of drug-likeness (QED) is 0.670. The molecule has 0 aliphatic rings. The molecule has 3 aromatic rings. The van der Waals surface area contributed by atoms with E-state index < -0.39 is 11.7 Å². The van der Waals surface area contributed by atoms with Gasteiger partial charge in [-0.05, 0) is 44.5 Å². The molecule has 2 aromatic heterocycles. The monoisotopic (exact) mass is 412 g/mol. The highest BCUT2D eigenvalue weighted by Crippen LogP contribution is 2.20. The highest BCUT2D eigenvalue weighted by atomic mass is 35.5. The molecule has 0 atom stereocenters. The number of hydrogen-bond donors (Lipinski definition) is 2. The minimum Gasteiger partial charge on any atom is -0.444 e. The van der Waals surface area contributed by atoms with Crippen molar-refractivity contribution in [1.82, 2.24) is 20.3 Å². The summed E-state index contributed by atoms with van der Waals surface area (Å²) in [4.78, 5) is 35.4. The Morgan fingerprint density at radius 3 is 2.66 bits per heavy atom. The molecule has 0 unspecified atom stereocenters. The molecular weight excluding hydrogens is 392 g/mol. The van der Waals surface area contributed by atoms with Gasteiger partial charge in [0.2, 0.25) is 0 Å². The van der Waals surface area contributed by atoms with Crippen molar-refractivity contribution >= 4 is 17.7 Å². The number of benzene rings is 1. The topological polar surface area (TPSA) is 97.0 Å². The number of aromatic nitrogens is 3. The number of H-pyrrole nitrogens is 1. The molecular formula is C21H21ClN4O3. The van der Waals surface area contributed by atoms with Crippen molar-refractivity contribution in [2.24, 2.45) is 0 Å². The Labute approximate surface area is 173 Å². The van der Waals surface area contributed by atoms with Gasteiger partial charge < -0.3 is 15.0 Å². The van der Waals surface area contributed by atoms with E-state index in [-0.39, 0.29) is 12.1 Å². The molecule has 0 bridgehead atoms. The zero-order valence-electron chi connectivity index (χ0n) is 16.3. The van der Waals surface area contributed by atoms with Gasteiger partial charge >= 0.3 is 6.09 Å². The van der Waals surface area contributed by atoms with Crippen molar-refractivity contribution in [2.45, 2.75) is 32.9 Å². The van der Waals surface area contributed by atoms with Crippen LogP contribution in [-0.2, 0) is 11.3 Å². The summed E-state index contributed by atoms with van der Waals surface area (Å²) >= 11 is 5.87. The fraction of sp³-hybridized carbons (Fsp3) is 0.238. The second kappa shape index (κ2) is 8.45. The van der Waals surface area contributed by atoms with Crippen molar-refractivity contribution in [3.63, 3.8) is 0 Å².